The van der Waals surface area contributed by atoms with Gasteiger partial charge in [0.1, 0.15) is 0 Å². The molecule has 0 fully saturated rings. The van der Waals surface area contributed by atoms with Crippen molar-refractivity contribution in [2.24, 2.45) is 0 Å². The molecule has 2 radical (unpaired) electrons. The van der Waals surface area contributed by atoms with E-state index >= 15 is 0 Å². The van der Waals surface area contributed by atoms with E-state index in [-0.39, 0.29) is 6.10 Å². The van der Waals surface area contributed by atoms with Crippen LogP contribution >= 0.6 is 0 Å². The number of rotatable bonds is 5. The lowest BCUT2D eigenvalue weighted by Gasteiger charge is -1.97. The van der Waals surface area contributed by atoms with Crippen molar-refractivity contribution >= 4 is 7.85 Å². The summed E-state index contributed by atoms with van der Waals surface area (Å²) in [5.74, 6) is 0. The fourth-order valence-electron chi connectivity index (χ4n) is 0.704. The fourth-order valence-corrected chi connectivity index (χ4v) is 0.704. The highest BCUT2D eigenvalue weighted by Gasteiger charge is 1.91. The summed E-state index contributed by atoms with van der Waals surface area (Å²) in [6.45, 7) is 1.94. The van der Waals surface area contributed by atoms with Crippen LogP contribution in [-0.4, -0.2) is 19.1 Å². The SMILES string of the molecule is [B]C/C=C\C=C\[C@@H](O)C/C=C\C. The maximum absolute atomic E-state index is 9.28. The van der Waals surface area contributed by atoms with Crippen LogP contribution in [0, 0.1) is 0 Å². The number of hydrogen-bond donors (Lipinski definition) is 1. The number of aliphatic hydroxyl groups excluding tert-OH is 1. The minimum Gasteiger partial charge on any atom is -0.389 e. The van der Waals surface area contributed by atoms with Gasteiger partial charge in [-0.3, -0.25) is 0 Å². The summed E-state index contributed by atoms with van der Waals surface area (Å²) in [4.78, 5) is 0. The number of allylic oxidation sites excluding steroid dienone is 4. The van der Waals surface area contributed by atoms with Crippen molar-refractivity contribution in [2.75, 3.05) is 0 Å². The van der Waals surface area contributed by atoms with Crippen molar-refractivity contribution in [1.82, 2.24) is 0 Å². The van der Waals surface area contributed by atoms with Crippen molar-refractivity contribution in [3.63, 3.8) is 0 Å². The third-order valence-corrected chi connectivity index (χ3v) is 1.33. The van der Waals surface area contributed by atoms with Gasteiger partial charge in [-0.1, -0.05) is 42.8 Å². The molecule has 0 unspecified atom stereocenters. The molecule has 1 N–H and O–H groups in total. The summed E-state index contributed by atoms with van der Waals surface area (Å²) in [5.41, 5.74) is 0. The van der Waals surface area contributed by atoms with E-state index in [1.54, 1.807) is 12.2 Å². The molecule has 2 heteroatoms. The van der Waals surface area contributed by atoms with Crippen LogP contribution in [-0.2, 0) is 0 Å². The van der Waals surface area contributed by atoms with Crippen molar-refractivity contribution in [3.05, 3.63) is 36.5 Å². The minimum absolute atomic E-state index is 0.386. The zero-order valence-corrected chi connectivity index (χ0v) is 7.48. The molecular formula is C10H15BO. The highest BCUT2D eigenvalue weighted by atomic mass is 16.3. The molecule has 0 saturated heterocycles. The van der Waals surface area contributed by atoms with Crippen molar-refractivity contribution in [3.8, 4) is 0 Å². The molecule has 0 aromatic rings. The minimum atomic E-state index is -0.386. The Bertz CT molecular complexity index is 171. The normalized spacial score (nSPS) is 15.2. The molecule has 0 aliphatic rings. The van der Waals surface area contributed by atoms with Crippen LogP contribution in [0.1, 0.15) is 13.3 Å². The highest BCUT2D eigenvalue weighted by molar-refractivity contribution is 6.09. The van der Waals surface area contributed by atoms with E-state index in [9.17, 15) is 5.11 Å². The topological polar surface area (TPSA) is 20.2 Å². The Kier molecular flexibility index (Phi) is 7.82. The Morgan fingerprint density at radius 1 is 1.33 bits per heavy atom. The quantitative estimate of drug-likeness (QED) is 0.372. The molecule has 1 nitrogen and oxygen atoms in total. The van der Waals surface area contributed by atoms with Crippen LogP contribution in [0.4, 0.5) is 0 Å². The lowest BCUT2D eigenvalue weighted by molar-refractivity contribution is 0.227. The summed E-state index contributed by atoms with van der Waals surface area (Å²) in [5, 5.41) is 9.28. The van der Waals surface area contributed by atoms with E-state index < -0.39 is 0 Å². The highest BCUT2D eigenvalue weighted by Crippen LogP contribution is 1.95. The number of hydrogen-bond acceptors (Lipinski definition) is 1. The zero-order valence-electron chi connectivity index (χ0n) is 7.48. The first-order valence-electron chi connectivity index (χ1n) is 4.14. The molecule has 0 bridgehead atoms. The standard InChI is InChI=1S/C10H15BO/c1-2-3-7-10(12)8-5-4-6-9-11/h2-6,8,10,12H,7,9H2,1H3/b3-2-,6-4-,8-5+/t10-/m0/s1. The van der Waals surface area contributed by atoms with Crippen LogP contribution < -0.4 is 0 Å². The van der Waals surface area contributed by atoms with Crippen molar-refractivity contribution in [2.45, 2.75) is 25.8 Å². The molecular weight excluding hydrogens is 147 g/mol. The van der Waals surface area contributed by atoms with Crippen LogP contribution in [0.5, 0.6) is 0 Å². The third kappa shape index (κ3) is 7.35. The molecule has 64 valence electrons. The van der Waals surface area contributed by atoms with E-state index in [0.717, 1.165) is 0 Å². The van der Waals surface area contributed by atoms with Gasteiger partial charge in [0, 0.05) is 0 Å². The van der Waals surface area contributed by atoms with Gasteiger partial charge in [0.15, 0.2) is 0 Å². The first-order chi connectivity index (χ1) is 5.81. The largest absolute Gasteiger partial charge is 0.389 e. The smallest absolute Gasteiger partial charge is 0.0758 e. The molecule has 0 spiro atoms. The molecule has 0 aromatic heterocycles. The molecule has 0 aliphatic carbocycles. The maximum atomic E-state index is 9.28. The Labute approximate surface area is 75.9 Å². The van der Waals surface area contributed by atoms with Crippen molar-refractivity contribution < 1.29 is 5.11 Å². The summed E-state index contributed by atoms with van der Waals surface area (Å²) in [7, 11) is 5.23. The van der Waals surface area contributed by atoms with E-state index in [1.807, 2.05) is 31.2 Å². The predicted octanol–water partition coefficient (Wildman–Crippen LogP) is 2.01. The fraction of sp³-hybridized carbons (Fsp3) is 0.400. The van der Waals surface area contributed by atoms with Gasteiger partial charge >= 0.3 is 0 Å². The van der Waals surface area contributed by atoms with Gasteiger partial charge in [0.2, 0.25) is 0 Å². The maximum Gasteiger partial charge on any atom is 0.0758 e. The summed E-state index contributed by atoms with van der Waals surface area (Å²) < 4.78 is 0. The average molecular weight is 162 g/mol. The average Bonchev–Trinajstić information content (AvgIpc) is 2.09. The van der Waals surface area contributed by atoms with Gasteiger partial charge in [0.25, 0.3) is 0 Å². The molecule has 0 saturated carbocycles. The molecule has 0 aliphatic heterocycles. The van der Waals surface area contributed by atoms with Crippen LogP contribution in [0.3, 0.4) is 0 Å². The van der Waals surface area contributed by atoms with E-state index in [0.29, 0.717) is 12.7 Å². The Hall–Kier alpha value is -0.755. The number of aliphatic hydroxyl groups is 1. The van der Waals surface area contributed by atoms with Gasteiger partial charge in [-0.15, -0.1) is 0 Å². The summed E-state index contributed by atoms with van der Waals surface area (Å²) >= 11 is 0. The zero-order chi connectivity index (χ0) is 9.23. The first-order valence-corrected chi connectivity index (χ1v) is 4.14. The molecule has 0 heterocycles. The lowest BCUT2D eigenvalue weighted by Crippen LogP contribution is -1.98. The van der Waals surface area contributed by atoms with Crippen LogP contribution in [0.2, 0.25) is 6.32 Å². The molecule has 12 heavy (non-hydrogen) atoms. The summed E-state index contributed by atoms with van der Waals surface area (Å²) in [6.07, 6.45) is 11.9. The van der Waals surface area contributed by atoms with E-state index in [1.165, 1.54) is 0 Å². The molecule has 0 aromatic carbocycles. The van der Waals surface area contributed by atoms with Crippen LogP contribution in [0.25, 0.3) is 0 Å². The van der Waals surface area contributed by atoms with E-state index in [2.05, 4.69) is 0 Å². The van der Waals surface area contributed by atoms with Gasteiger partial charge in [-0.05, 0) is 13.3 Å². The van der Waals surface area contributed by atoms with Gasteiger partial charge in [0.05, 0.1) is 14.0 Å². The third-order valence-electron chi connectivity index (χ3n) is 1.33. The predicted molar refractivity (Wildman–Crippen MR) is 54.3 cm³/mol. The van der Waals surface area contributed by atoms with Gasteiger partial charge in [-0.2, -0.15) is 0 Å². The molecule has 0 rings (SSSR count). The second-order valence-corrected chi connectivity index (χ2v) is 2.42. The monoisotopic (exact) mass is 162 g/mol. The van der Waals surface area contributed by atoms with Gasteiger partial charge in [-0.25, -0.2) is 0 Å². The molecule has 0 amide bonds. The Morgan fingerprint density at radius 3 is 2.67 bits per heavy atom. The second kappa shape index (κ2) is 8.34. The lowest BCUT2D eigenvalue weighted by atomic mass is 10.1. The Balaban J connectivity index is 3.59. The second-order valence-electron chi connectivity index (χ2n) is 2.42. The van der Waals surface area contributed by atoms with Crippen molar-refractivity contribution in [1.29, 1.82) is 0 Å². The van der Waals surface area contributed by atoms with Crippen LogP contribution in [0.15, 0.2) is 36.5 Å². The summed E-state index contributed by atoms with van der Waals surface area (Å²) in [6, 6.07) is 0. The molecule has 1 atom stereocenters. The first kappa shape index (κ1) is 11.2. The Morgan fingerprint density at radius 2 is 2.08 bits per heavy atom. The van der Waals surface area contributed by atoms with Gasteiger partial charge < -0.3 is 5.11 Å². The van der Waals surface area contributed by atoms with E-state index in [4.69, 9.17) is 7.85 Å².